The normalized spacial score (nSPS) is 28.8. The van der Waals surface area contributed by atoms with Gasteiger partial charge >= 0.3 is 0 Å². The lowest BCUT2D eigenvalue weighted by Gasteiger charge is -2.29. The third-order valence-corrected chi connectivity index (χ3v) is 3.48. The van der Waals surface area contributed by atoms with E-state index in [0.29, 0.717) is 5.02 Å². The average Bonchev–Trinajstić information content (AvgIpc) is 2.61. The zero-order valence-electron chi connectivity index (χ0n) is 9.24. The van der Waals surface area contributed by atoms with Gasteiger partial charge in [-0.1, -0.05) is 30.7 Å². The largest absolute Gasteiger partial charge is 0.383 e. The van der Waals surface area contributed by atoms with Crippen LogP contribution in [0, 0.1) is 0 Å². The van der Waals surface area contributed by atoms with E-state index in [1.54, 1.807) is 0 Å². The summed E-state index contributed by atoms with van der Waals surface area (Å²) < 4.78 is 0. The number of hydrogen-bond acceptors (Lipinski definition) is 2. The Kier molecular flexibility index (Phi) is 4.62. The minimum absolute atomic E-state index is 0. The molecular weight excluding hydrogens is 245 g/mol. The first-order chi connectivity index (χ1) is 7.16. The Morgan fingerprint density at radius 2 is 2.06 bits per heavy atom. The number of nitrogens with one attached hydrogen (secondary N) is 1. The summed E-state index contributed by atoms with van der Waals surface area (Å²) in [5.74, 6) is 0. The zero-order valence-corrected chi connectivity index (χ0v) is 10.8. The molecule has 4 heteroatoms. The molecule has 0 radical (unpaired) electrons. The van der Waals surface area contributed by atoms with Gasteiger partial charge in [-0.2, -0.15) is 0 Å². The Labute approximate surface area is 107 Å². The predicted octanol–water partition coefficient (Wildman–Crippen LogP) is 2.72. The van der Waals surface area contributed by atoms with Crippen molar-refractivity contribution in [1.29, 1.82) is 0 Å². The highest BCUT2D eigenvalue weighted by molar-refractivity contribution is 6.30. The highest BCUT2D eigenvalue weighted by Gasteiger charge is 2.41. The van der Waals surface area contributed by atoms with E-state index in [4.69, 9.17) is 11.6 Å². The molecule has 1 heterocycles. The van der Waals surface area contributed by atoms with Crippen molar-refractivity contribution in [3.05, 3.63) is 34.9 Å². The van der Waals surface area contributed by atoms with Gasteiger partial charge in [-0.3, -0.25) is 0 Å². The molecule has 0 spiro atoms. The second kappa shape index (κ2) is 5.37. The van der Waals surface area contributed by atoms with Crippen LogP contribution in [0.5, 0.6) is 0 Å². The van der Waals surface area contributed by atoms with Crippen LogP contribution in [0.25, 0.3) is 0 Å². The van der Waals surface area contributed by atoms with Crippen LogP contribution in [-0.4, -0.2) is 17.7 Å². The minimum atomic E-state index is -0.723. The van der Waals surface area contributed by atoms with Gasteiger partial charge < -0.3 is 10.4 Å². The number of aliphatic hydroxyl groups is 1. The summed E-state index contributed by atoms with van der Waals surface area (Å²) in [6, 6.07) is 7.65. The lowest BCUT2D eigenvalue weighted by Crippen LogP contribution is -2.39. The van der Waals surface area contributed by atoms with Crippen molar-refractivity contribution in [3.8, 4) is 0 Å². The molecule has 1 saturated heterocycles. The molecule has 0 aromatic heterocycles. The van der Waals surface area contributed by atoms with E-state index in [1.807, 2.05) is 24.3 Å². The third kappa shape index (κ3) is 2.35. The topological polar surface area (TPSA) is 32.3 Å². The average molecular weight is 262 g/mol. The maximum absolute atomic E-state index is 10.6. The molecule has 0 saturated carbocycles. The third-order valence-electron chi connectivity index (χ3n) is 3.23. The van der Waals surface area contributed by atoms with Crippen LogP contribution in [0.2, 0.25) is 5.02 Å². The standard InChI is InChI=1S/C12H16ClNO.ClH/c1-2-11-12(15,7-8-14-11)9-3-5-10(13)6-4-9;/h3-6,11,14-15H,2,7-8H2,1H3;1H. The van der Waals surface area contributed by atoms with Crippen molar-refractivity contribution >= 4 is 24.0 Å². The SMILES string of the molecule is CCC1NCCC1(O)c1ccc(Cl)cc1.Cl. The Morgan fingerprint density at radius 1 is 1.44 bits per heavy atom. The molecule has 1 aromatic rings. The van der Waals surface area contributed by atoms with E-state index in [-0.39, 0.29) is 18.4 Å². The van der Waals surface area contributed by atoms with Gasteiger partial charge in [0.15, 0.2) is 0 Å². The monoisotopic (exact) mass is 261 g/mol. The number of hydrogen-bond donors (Lipinski definition) is 2. The minimum Gasteiger partial charge on any atom is -0.383 e. The van der Waals surface area contributed by atoms with Crippen molar-refractivity contribution in [3.63, 3.8) is 0 Å². The van der Waals surface area contributed by atoms with Crippen LogP contribution in [0.15, 0.2) is 24.3 Å². The molecule has 2 nitrogen and oxygen atoms in total. The number of benzene rings is 1. The van der Waals surface area contributed by atoms with E-state index < -0.39 is 5.60 Å². The van der Waals surface area contributed by atoms with Crippen LogP contribution in [-0.2, 0) is 5.60 Å². The van der Waals surface area contributed by atoms with Crippen molar-refractivity contribution in [2.45, 2.75) is 31.4 Å². The van der Waals surface area contributed by atoms with E-state index in [0.717, 1.165) is 24.9 Å². The van der Waals surface area contributed by atoms with Crippen molar-refractivity contribution in [2.75, 3.05) is 6.54 Å². The molecule has 1 fully saturated rings. The Hall–Kier alpha value is -0.280. The van der Waals surface area contributed by atoms with Crippen molar-refractivity contribution < 1.29 is 5.11 Å². The van der Waals surface area contributed by atoms with Gasteiger partial charge in [0.05, 0.1) is 0 Å². The highest BCUT2D eigenvalue weighted by Crippen LogP contribution is 2.34. The Morgan fingerprint density at radius 3 is 2.62 bits per heavy atom. The van der Waals surface area contributed by atoms with Crippen LogP contribution in [0.1, 0.15) is 25.3 Å². The molecular formula is C12H17Cl2NO. The lowest BCUT2D eigenvalue weighted by atomic mass is 9.85. The molecule has 1 aliphatic heterocycles. The van der Waals surface area contributed by atoms with Crippen LogP contribution < -0.4 is 5.32 Å². The summed E-state index contributed by atoms with van der Waals surface area (Å²) >= 11 is 5.84. The second-order valence-electron chi connectivity index (χ2n) is 4.10. The summed E-state index contributed by atoms with van der Waals surface area (Å²) in [5, 5.41) is 14.6. The van der Waals surface area contributed by atoms with E-state index in [1.165, 1.54) is 0 Å². The smallest absolute Gasteiger partial charge is 0.106 e. The first kappa shape index (κ1) is 13.8. The Bertz CT molecular complexity index is 341. The highest BCUT2D eigenvalue weighted by atomic mass is 35.5. The number of halogens is 2. The molecule has 90 valence electrons. The molecule has 1 aliphatic rings. The summed E-state index contributed by atoms with van der Waals surface area (Å²) in [4.78, 5) is 0. The van der Waals surface area contributed by atoms with Crippen LogP contribution in [0.3, 0.4) is 0 Å². The predicted molar refractivity (Wildman–Crippen MR) is 69.3 cm³/mol. The van der Waals surface area contributed by atoms with Crippen LogP contribution in [0.4, 0.5) is 0 Å². The second-order valence-corrected chi connectivity index (χ2v) is 4.53. The fourth-order valence-electron chi connectivity index (χ4n) is 2.35. The molecule has 2 N–H and O–H groups in total. The van der Waals surface area contributed by atoms with E-state index in [2.05, 4.69) is 12.2 Å². The maximum Gasteiger partial charge on any atom is 0.106 e. The number of rotatable bonds is 2. The van der Waals surface area contributed by atoms with Gasteiger partial charge in [-0.25, -0.2) is 0 Å². The molecule has 0 bridgehead atoms. The molecule has 0 amide bonds. The van der Waals surface area contributed by atoms with E-state index >= 15 is 0 Å². The summed E-state index contributed by atoms with van der Waals surface area (Å²) in [5.41, 5.74) is 0.239. The van der Waals surface area contributed by atoms with Gasteiger partial charge in [0.2, 0.25) is 0 Å². The molecule has 0 aliphatic carbocycles. The maximum atomic E-state index is 10.6. The molecule has 2 atom stereocenters. The Balaban J connectivity index is 0.00000128. The van der Waals surface area contributed by atoms with Gasteiger partial charge in [-0.05, 0) is 37.1 Å². The van der Waals surface area contributed by atoms with Gasteiger partial charge in [-0.15, -0.1) is 12.4 Å². The van der Waals surface area contributed by atoms with Gasteiger partial charge in [0, 0.05) is 11.1 Å². The van der Waals surface area contributed by atoms with Crippen LogP contribution >= 0.6 is 24.0 Å². The van der Waals surface area contributed by atoms with Crippen molar-refractivity contribution in [2.24, 2.45) is 0 Å². The molecule has 16 heavy (non-hydrogen) atoms. The first-order valence-electron chi connectivity index (χ1n) is 5.38. The summed E-state index contributed by atoms with van der Waals surface area (Å²) in [6.45, 7) is 2.96. The van der Waals surface area contributed by atoms with Gasteiger partial charge in [0.1, 0.15) is 5.60 Å². The fourth-order valence-corrected chi connectivity index (χ4v) is 2.47. The summed E-state index contributed by atoms with van der Waals surface area (Å²) in [6.07, 6.45) is 1.70. The molecule has 1 aromatic carbocycles. The first-order valence-corrected chi connectivity index (χ1v) is 5.76. The summed E-state index contributed by atoms with van der Waals surface area (Å²) in [7, 11) is 0. The van der Waals surface area contributed by atoms with Crippen molar-refractivity contribution in [1.82, 2.24) is 5.32 Å². The quantitative estimate of drug-likeness (QED) is 0.858. The van der Waals surface area contributed by atoms with E-state index in [9.17, 15) is 5.11 Å². The lowest BCUT2D eigenvalue weighted by molar-refractivity contribution is 0.0225. The zero-order chi connectivity index (χ0) is 10.9. The molecule has 2 unspecified atom stereocenters. The molecule has 2 rings (SSSR count). The van der Waals surface area contributed by atoms with Gasteiger partial charge in [0.25, 0.3) is 0 Å². The fraction of sp³-hybridized carbons (Fsp3) is 0.500.